The lowest BCUT2D eigenvalue weighted by Gasteiger charge is -2.26. The molecule has 0 aromatic carbocycles. The highest BCUT2D eigenvalue weighted by molar-refractivity contribution is 7.90. The van der Waals surface area contributed by atoms with E-state index >= 15 is 0 Å². The van der Waals surface area contributed by atoms with E-state index in [4.69, 9.17) is 9.05 Å². The second-order valence-electron chi connectivity index (χ2n) is 8.70. The van der Waals surface area contributed by atoms with Crippen LogP contribution in [0.25, 0.3) is 0 Å². The normalized spacial score (nSPS) is 16.2. The van der Waals surface area contributed by atoms with E-state index in [1.165, 1.54) is 32.8 Å². The zero-order valence-corrected chi connectivity index (χ0v) is 22.6. The minimum Gasteiger partial charge on any atom is -0.312 e. The fourth-order valence-corrected chi connectivity index (χ4v) is 6.40. The molecular weight excluding hydrogens is 433 g/mol. The van der Waals surface area contributed by atoms with Crippen molar-refractivity contribution in [2.45, 2.75) is 135 Å². The van der Waals surface area contributed by atoms with Crippen LogP contribution in [0.5, 0.6) is 0 Å². The maximum atomic E-state index is 13.0. The number of sulfonamides is 1. The van der Waals surface area contributed by atoms with Crippen molar-refractivity contribution >= 4 is 17.6 Å². The first-order valence-corrected chi connectivity index (χ1v) is 15.9. The summed E-state index contributed by atoms with van der Waals surface area (Å²) in [5.74, 6) is 0. The lowest BCUT2D eigenvalue weighted by Crippen LogP contribution is -2.41. The first-order valence-electron chi connectivity index (χ1n) is 12.6. The molecule has 6 nitrogen and oxygen atoms in total. The van der Waals surface area contributed by atoms with Gasteiger partial charge in [-0.3, -0.25) is 9.09 Å². The smallest absolute Gasteiger partial charge is 0.312 e. The van der Waals surface area contributed by atoms with Gasteiger partial charge in [-0.25, -0.2) is 8.42 Å². The Morgan fingerprint density at radius 3 is 1.77 bits per heavy atom. The van der Waals surface area contributed by atoms with Crippen LogP contribution in [-0.2, 0) is 23.6 Å². The Balaban J connectivity index is 4.89. The summed E-state index contributed by atoms with van der Waals surface area (Å²) in [6, 6.07) is 0. The summed E-state index contributed by atoms with van der Waals surface area (Å²) in [4.78, 5) is 0. The summed E-state index contributed by atoms with van der Waals surface area (Å²) in [5.41, 5.74) is 0. The maximum absolute atomic E-state index is 13.0. The molecule has 0 amide bonds. The Morgan fingerprint density at radius 1 is 0.774 bits per heavy atom. The molecule has 8 heteroatoms. The minimum absolute atomic E-state index is 0.307. The molecule has 0 spiro atoms. The molecule has 0 bridgehead atoms. The van der Waals surface area contributed by atoms with Crippen LogP contribution in [0.1, 0.15) is 124 Å². The molecule has 0 radical (unpaired) electrons. The number of unbranched alkanes of at least 4 members (excludes halogenated alkanes) is 10. The van der Waals surface area contributed by atoms with Crippen LogP contribution in [0.15, 0.2) is 0 Å². The third-order valence-corrected chi connectivity index (χ3v) is 9.59. The second-order valence-corrected chi connectivity index (χ2v) is 13.1. The summed E-state index contributed by atoms with van der Waals surface area (Å²) in [6.07, 6.45) is 14.3. The predicted octanol–water partition coefficient (Wildman–Crippen LogP) is 7.39. The van der Waals surface area contributed by atoms with Crippen molar-refractivity contribution in [2.75, 3.05) is 13.3 Å². The number of nitrogens with one attached hydrogen (secondary N) is 1. The molecule has 0 fully saturated rings. The van der Waals surface area contributed by atoms with Crippen LogP contribution < -0.4 is 4.72 Å². The van der Waals surface area contributed by atoms with Crippen LogP contribution in [0, 0.1) is 0 Å². The van der Waals surface area contributed by atoms with E-state index in [0.29, 0.717) is 19.0 Å². The van der Waals surface area contributed by atoms with Crippen LogP contribution in [0.4, 0.5) is 0 Å². The molecule has 3 atom stereocenters. The molecule has 0 aromatic rings. The summed E-state index contributed by atoms with van der Waals surface area (Å²) in [6.45, 7) is 8.11. The lowest BCUT2D eigenvalue weighted by molar-refractivity contribution is 0.141. The summed E-state index contributed by atoms with van der Waals surface area (Å²) in [7, 11) is -5.49. The van der Waals surface area contributed by atoms with E-state index in [2.05, 4.69) is 18.6 Å². The van der Waals surface area contributed by atoms with E-state index < -0.39 is 29.1 Å². The summed E-state index contributed by atoms with van der Waals surface area (Å²) < 4.78 is 52.5. The molecule has 3 unspecified atom stereocenters. The van der Waals surface area contributed by atoms with Gasteiger partial charge in [-0.2, -0.15) is 4.72 Å². The topological polar surface area (TPSA) is 81.7 Å². The van der Waals surface area contributed by atoms with Crippen molar-refractivity contribution in [2.24, 2.45) is 0 Å². The van der Waals surface area contributed by atoms with Crippen molar-refractivity contribution < 1.29 is 22.0 Å². The molecule has 0 saturated carbocycles. The van der Waals surface area contributed by atoms with E-state index in [1.54, 1.807) is 6.92 Å². The molecular formula is C23H50NO5PS. The van der Waals surface area contributed by atoms with Gasteiger partial charge in [0.05, 0.1) is 11.4 Å². The molecule has 0 aromatic heterocycles. The average Bonchev–Trinajstić information content (AvgIpc) is 2.74. The van der Waals surface area contributed by atoms with Gasteiger partial charge in [0.25, 0.3) is 0 Å². The Labute approximate surface area is 193 Å². The molecule has 0 saturated heterocycles. The molecule has 188 valence electrons. The predicted molar refractivity (Wildman–Crippen MR) is 132 cm³/mol. The van der Waals surface area contributed by atoms with Gasteiger partial charge in [-0.1, -0.05) is 91.4 Å². The van der Waals surface area contributed by atoms with Gasteiger partial charge < -0.3 is 4.52 Å². The van der Waals surface area contributed by atoms with Crippen LogP contribution >= 0.6 is 7.60 Å². The zero-order valence-electron chi connectivity index (χ0n) is 20.9. The molecule has 0 rings (SSSR count). The molecule has 0 aliphatic carbocycles. The average molecular weight is 484 g/mol. The summed E-state index contributed by atoms with van der Waals surface area (Å²) in [5, 5.41) is -0.498. The monoisotopic (exact) mass is 483 g/mol. The Morgan fingerprint density at radius 2 is 1.26 bits per heavy atom. The largest absolute Gasteiger partial charge is 0.331 e. The van der Waals surface area contributed by atoms with Gasteiger partial charge >= 0.3 is 7.60 Å². The van der Waals surface area contributed by atoms with Crippen molar-refractivity contribution in [3.05, 3.63) is 0 Å². The highest BCUT2D eigenvalue weighted by Crippen LogP contribution is 2.49. The van der Waals surface area contributed by atoms with Gasteiger partial charge in [0.1, 0.15) is 6.23 Å². The van der Waals surface area contributed by atoms with E-state index in [0.717, 1.165) is 57.8 Å². The van der Waals surface area contributed by atoms with Gasteiger partial charge in [0.2, 0.25) is 10.0 Å². The number of rotatable bonds is 22. The quantitative estimate of drug-likeness (QED) is 0.0986. The van der Waals surface area contributed by atoms with Gasteiger partial charge in [0, 0.05) is 7.11 Å². The third kappa shape index (κ3) is 15.5. The van der Waals surface area contributed by atoms with Crippen LogP contribution in [-0.4, -0.2) is 33.2 Å². The van der Waals surface area contributed by atoms with Gasteiger partial charge in [0.15, 0.2) is 0 Å². The zero-order chi connectivity index (χ0) is 23.6. The highest BCUT2D eigenvalue weighted by Gasteiger charge is 2.31. The Kier molecular flexibility index (Phi) is 18.5. The van der Waals surface area contributed by atoms with Crippen LogP contribution in [0.2, 0.25) is 0 Å². The van der Waals surface area contributed by atoms with Crippen molar-refractivity contribution in [3.63, 3.8) is 0 Å². The van der Waals surface area contributed by atoms with E-state index in [9.17, 15) is 13.0 Å². The lowest BCUT2D eigenvalue weighted by atomic mass is 10.1. The van der Waals surface area contributed by atoms with Crippen molar-refractivity contribution in [1.82, 2.24) is 4.72 Å². The second kappa shape index (κ2) is 18.5. The van der Waals surface area contributed by atoms with E-state index in [-0.39, 0.29) is 0 Å². The minimum atomic E-state index is -3.56. The first-order chi connectivity index (χ1) is 14.7. The molecule has 0 aliphatic rings. The molecule has 1 N–H and O–H groups in total. The molecule has 0 aliphatic heterocycles. The molecule has 0 heterocycles. The fraction of sp³-hybridized carbons (Fsp3) is 1.00. The Bertz CT molecular complexity index is 570. The SMILES string of the molecule is CCCCCCCCC(C)S(=O)(=O)NC(CCCCCCC)OP(=O)(CCCC)OC. The van der Waals surface area contributed by atoms with Crippen LogP contribution in [0.3, 0.4) is 0 Å². The molecule has 31 heavy (non-hydrogen) atoms. The highest BCUT2D eigenvalue weighted by atomic mass is 32.2. The Hall–Kier alpha value is 0.0600. The van der Waals surface area contributed by atoms with Gasteiger partial charge in [-0.05, 0) is 32.6 Å². The maximum Gasteiger partial charge on any atom is 0.331 e. The fourth-order valence-electron chi connectivity index (χ4n) is 3.47. The third-order valence-electron chi connectivity index (χ3n) is 5.71. The number of hydrogen-bond donors (Lipinski definition) is 1. The first kappa shape index (κ1) is 31.1. The van der Waals surface area contributed by atoms with Gasteiger partial charge in [-0.15, -0.1) is 0 Å². The summed E-state index contributed by atoms with van der Waals surface area (Å²) >= 11 is 0. The van der Waals surface area contributed by atoms with Crippen molar-refractivity contribution in [3.8, 4) is 0 Å². The standard InChI is InChI=1S/C23H50NO5PS/c1-6-9-12-14-16-17-19-22(4)31(26,27)24-23(20-18-15-13-10-7-2)29-30(25,28-5)21-11-8-3/h22-24H,6-21H2,1-5H3. The number of hydrogen-bond acceptors (Lipinski definition) is 5. The van der Waals surface area contributed by atoms with Crippen molar-refractivity contribution in [1.29, 1.82) is 0 Å². The van der Waals surface area contributed by atoms with E-state index in [1.807, 2.05) is 6.92 Å².